The number of carboxylic acid groups (broad SMARTS) is 1. The number of hydrogen-bond acceptors (Lipinski definition) is 4. The fourth-order valence-corrected chi connectivity index (χ4v) is 4.52. The number of piperidine rings is 3. The molecule has 1 aromatic heterocycles. The molecule has 0 radical (unpaired) electrons. The quantitative estimate of drug-likeness (QED) is 0.689. The molecular formula is C20H29LiN4O2. The van der Waals surface area contributed by atoms with Gasteiger partial charge in [-0.2, -0.15) is 5.10 Å². The van der Waals surface area contributed by atoms with Crippen LogP contribution in [-0.2, 0) is 13.1 Å². The van der Waals surface area contributed by atoms with Gasteiger partial charge >= 0.3 is 24.8 Å². The van der Waals surface area contributed by atoms with Gasteiger partial charge in [-0.25, -0.2) is 4.79 Å². The van der Waals surface area contributed by atoms with Gasteiger partial charge in [0.25, 0.3) is 0 Å². The minimum Gasteiger partial charge on any atom is -1.00 e. The normalized spacial score (nSPS) is 24.3. The Morgan fingerprint density at radius 2 is 2.11 bits per heavy atom. The summed E-state index contributed by atoms with van der Waals surface area (Å²) in [6.45, 7) is 9.26. The van der Waals surface area contributed by atoms with E-state index in [0.29, 0.717) is 24.1 Å². The number of rotatable bonds is 6. The summed E-state index contributed by atoms with van der Waals surface area (Å²) in [5.74, 6) is 0.306. The molecule has 3 aliphatic rings. The molecule has 0 aliphatic carbocycles. The van der Waals surface area contributed by atoms with E-state index in [2.05, 4.69) is 24.1 Å². The number of fused-ring (bicyclic) bond motifs is 4. The molecular weight excluding hydrogens is 335 g/mol. The Morgan fingerprint density at radius 1 is 1.37 bits per heavy atom. The van der Waals surface area contributed by atoms with Gasteiger partial charge in [0.2, 0.25) is 0 Å². The fourth-order valence-electron chi connectivity index (χ4n) is 4.52. The maximum Gasteiger partial charge on any atom is 1.00 e. The molecule has 1 atom stereocenters. The van der Waals surface area contributed by atoms with Gasteiger partial charge < -0.3 is 16.7 Å². The summed E-state index contributed by atoms with van der Waals surface area (Å²) < 4.78 is 1.97. The minimum atomic E-state index is -0.885. The van der Waals surface area contributed by atoms with E-state index in [0.717, 1.165) is 35.6 Å². The first-order chi connectivity index (χ1) is 12.5. The van der Waals surface area contributed by atoms with Crippen LogP contribution in [0.2, 0.25) is 0 Å². The third-order valence-electron chi connectivity index (χ3n) is 5.81. The average molecular weight is 364 g/mol. The van der Waals surface area contributed by atoms with Gasteiger partial charge in [-0.3, -0.25) is 4.68 Å². The number of aromatic nitrogens is 2. The van der Waals surface area contributed by atoms with E-state index in [-0.39, 0.29) is 20.3 Å². The van der Waals surface area contributed by atoms with E-state index in [1.165, 1.54) is 25.9 Å². The van der Waals surface area contributed by atoms with Crippen molar-refractivity contribution in [3.63, 3.8) is 0 Å². The summed E-state index contributed by atoms with van der Waals surface area (Å²) in [5, 5.41) is 18.9. The van der Waals surface area contributed by atoms with Crippen molar-refractivity contribution in [2.75, 3.05) is 19.6 Å². The maximum atomic E-state index is 11.7. The zero-order valence-corrected chi connectivity index (χ0v) is 16.6. The molecule has 4 heterocycles. The Bertz CT molecular complexity index is 818. The Hall–Kier alpha value is -1.32. The van der Waals surface area contributed by atoms with E-state index in [1.807, 2.05) is 16.8 Å². The summed E-state index contributed by atoms with van der Waals surface area (Å²) in [7, 11) is 0. The predicted molar refractivity (Wildman–Crippen MR) is 102 cm³/mol. The van der Waals surface area contributed by atoms with Crippen LogP contribution in [0.5, 0.6) is 0 Å². The molecule has 5 rings (SSSR count). The van der Waals surface area contributed by atoms with Crippen LogP contribution in [0.1, 0.15) is 44.2 Å². The number of benzene rings is 1. The van der Waals surface area contributed by atoms with Gasteiger partial charge in [0.15, 0.2) is 0 Å². The van der Waals surface area contributed by atoms with Crippen LogP contribution in [0.15, 0.2) is 18.2 Å². The van der Waals surface area contributed by atoms with Crippen molar-refractivity contribution in [3.8, 4) is 0 Å². The number of nitrogens with one attached hydrogen (secondary N) is 1. The molecule has 27 heavy (non-hydrogen) atoms. The van der Waals surface area contributed by atoms with Crippen LogP contribution < -0.4 is 24.2 Å². The molecule has 0 saturated carbocycles. The Morgan fingerprint density at radius 3 is 2.70 bits per heavy atom. The standard InChI is InChI=1S/C20H28N4O2.Li.H/c1-13(2)11-24-18-5-3-4-15(20(25)26)19(18)16(22-24)10-21-17-12-23-8-6-14(17)7-9-23;;/h3-5,13-14,17,21H,6-12H2,1-2H3,(H,25,26);;/q;+1;-1. The molecule has 2 bridgehead atoms. The fraction of sp³-hybridized carbons (Fsp3) is 0.600. The Labute approximate surface area is 174 Å². The largest absolute Gasteiger partial charge is 1.00 e. The third-order valence-corrected chi connectivity index (χ3v) is 5.81. The molecule has 2 N–H and O–H groups in total. The number of aromatic carboxylic acids is 1. The van der Waals surface area contributed by atoms with Crippen LogP contribution in [0, 0.1) is 11.8 Å². The van der Waals surface area contributed by atoms with Crippen molar-refractivity contribution in [1.82, 2.24) is 20.0 Å². The second-order valence-electron chi connectivity index (χ2n) is 8.15. The van der Waals surface area contributed by atoms with Gasteiger partial charge in [0.05, 0.1) is 16.8 Å². The Kier molecular flexibility index (Phi) is 6.32. The second-order valence-corrected chi connectivity index (χ2v) is 8.15. The molecule has 0 spiro atoms. The molecule has 7 heteroatoms. The minimum absolute atomic E-state index is 0. The first-order valence-corrected chi connectivity index (χ1v) is 9.70. The summed E-state index contributed by atoms with van der Waals surface area (Å²) >= 11 is 0. The third kappa shape index (κ3) is 4.09. The molecule has 2 aromatic rings. The summed E-state index contributed by atoms with van der Waals surface area (Å²) in [6.07, 6.45) is 2.53. The molecule has 0 amide bonds. The van der Waals surface area contributed by atoms with Crippen LogP contribution >= 0.6 is 0 Å². The molecule has 3 saturated heterocycles. The van der Waals surface area contributed by atoms with Crippen molar-refractivity contribution in [2.24, 2.45) is 11.8 Å². The van der Waals surface area contributed by atoms with E-state index in [4.69, 9.17) is 5.10 Å². The van der Waals surface area contributed by atoms with E-state index < -0.39 is 5.97 Å². The SMILES string of the molecule is CC(C)Cn1nc(CNC2CN3CCC2CC3)c2c(C(=O)O)cccc21.[H-].[Li+]. The first kappa shape index (κ1) is 20.4. The summed E-state index contributed by atoms with van der Waals surface area (Å²) in [6, 6.07) is 5.97. The van der Waals surface area contributed by atoms with Crippen molar-refractivity contribution < 1.29 is 30.2 Å². The summed E-state index contributed by atoms with van der Waals surface area (Å²) in [4.78, 5) is 14.3. The van der Waals surface area contributed by atoms with Gasteiger partial charge in [-0.05, 0) is 49.9 Å². The van der Waals surface area contributed by atoms with Crippen LogP contribution in [0.3, 0.4) is 0 Å². The van der Waals surface area contributed by atoms with Crippen molar-refractivity contribution >= 4 is 16.9 Å². The molecule has 3 fully saturated rings. The maximum absolute atomic E-state index is 11.7. The van der Waals surface area contributed by atoms with E-state index in [9.17, 15) is 9.90 Å². The number of carbonyl (C=O) groups is 1. The predicted octanol–water partition coefficient (Wildman–Crippen LogP) is -0.309. The molecule has 6 nitrogen and oxygen atoms in total. The molecule has 1 aromatic carbocycles. The number of hydrogen-bond donors (Lipinski definition) is 2. The van der Waals surface area contributed by atoms with E-state index >= 15 is 0 Å². The summed E-state index contributed by atoms with van der Waals surface area (Å²) in [5.41, 5.74) is 2.13. The van der Waals surface area contributed by atoms with Crippen LogP contribution in [0.25, 0.3) is 10.9 Å². The van der Waals surface area contributed by atoms with Gasteiger partial charge in [0, 0.05) is 31.1 Å². The topological polar surface area (TPSA) is 70.4 Å². The van der Waals surface area contributed by atoms with Crippen LogP contribution in [-0.4, -0.2) is 51.4 Å². The van der Waals surface area contributed by atoms with Crippen LogP contribution in [0.4, 0.5) is 0 Å². The molecule has 3 aliphatic heterocycles. The smallest absolute Gasteiger partial charge is 1.00 e. The zero-order valence-electron chi connectivity index (χ0n) is 17.6. The Balaban J connectivity index is 0.00000140. The van der Waals surface area contributed by atoms with E-state index in [1.54, 1.807) is 6.07 Å². The van der Waals surface area contributed by atoms with Crippen molar-refractivity contribution in [3.05, 3.63) is 29.5 Å². The van der Waals surface area contributed by atoms with Crippen molar-refractivity contribution in [1.29, 1.82) is 0 Å². The van der Waals surface area contributed by atoms with Gasteiger partial charge in [-0.15, -0.1) is 0 Å². The number of carboxylic acids is 1. The average Bonchev–Trinajstić information content (AvgIpc) is 2.98. The van der Waals surface area contributed by atoms with Crippen molar-refractivity contribution in [2.45, 2.75) is 45.8 Å². The number of nitrogens with zero attached hydrogens (tertiary/aromatic N) is 3. The van der Waals surface area contributed by atoms with Gasteiger partial charge in [-0.1, -0.05) is 19.9 Å². The first-order valence-electron chi connectivity index (χ1n) is 9.70. The monoisotopic (exact) mass is 364 g/mol. The second kappa shape index (κ2) is 8.36. The molecule has 142 valence electrons. The molecule has 1 unspecified atom stereocenters. The van der Waals surface area contributed by atoms with Gasteiger partial charge in [0.1, 0.15) is 0 Å². The zero-order chi connectivity index (χ0) is 18.3.